The molecule has 0 atom stereocenters. The second-order valence-electron chi connectivity index (χ2n) is 6.11. The first kappa shape index (κ1) is 20.3. The summed E-state index contributed by atoms with van der Waals surface area (Å²) < 4.78 is 0. The molecule has 0 fully saturated rings. The highest BCUT2D eigenvalue weighted by Crippen LogP contribution is 2.15. The molecule has 0 aliphatic carbocycles. The largest absolute Gasteiger partial charge is 0.478 e. The Morgan fingerprint density at radius 2 is 1.00 bits per heavy atom. The van der Waals surface area contributed by atoms with E-state index in [4.69, 9.17) is 10.2 Å². The van der Waals surface area contributed by atoms with Crippen LogP contribution in [-0.2, 0) is 0 Å². The zero-order valence-electron chi connectivity index (χ0n) is 15.7. The second-order valence-corrected chi connectivity index (χ2v) is 6.11. The van der Waals surface area contributed by atoms with E-state index in [0.717, 1.165) is 11.1 Å². The Morgan fingerprint density at radius 1 is 0.633 bits per heavy atom. The number of nitrogens with one attached hydrogen (secondary N) is 2. The number of carboxylic acid groups (broad SMARTS) is 2. The van der Waals surface area contributed by atoms with Gasteiger partial charge in [-0.3, -0.25) is 10.9 Å². The lowest BCUT2D eigenvalue weighted by molar-refractivity contribution is 0.0687. The molecule has 0 amide bonds. The Bertz CT molecular complexity index is 1020. The number of hydrogen-bond acceptors (Lipinski definition) is 6. The minimum Gasteiger partial charge on any atom is -0.478 e. The van der Waals surface area contributed by atoms with Gasteiger partial charge in [0.2, 0.25) is 0 Å². The molecule has 8 nitrogen and oxygen atoms in total. The molecule has 0 unspecified atom stereocenters. The van der Waals surface area contributed by atoms with E-state index < -0.39 is 11.9 Å². The normalized spacial score (nSPS) is 10.9. The summed E-state index contributed by atoms with van der Waals surface area (Å²) in [6, 6.07) is 20.3. The van der Waals surface area contributed by atoms with Crippen molar-refractivity contribution in [1.82, 2.24) is 0 Å². The molecule has 4 N–H and O–H groups in total. The van der Waals surface area contributed by atoms with Crippen molar-refractivity contribution in [2.45, 2.75) is 0 Å². The number of benzene rings is 3. The van der Waals surface area contributed by atoms with Gasteiger partial charge in [-0.05, 0) is 35.4 Å². The molecule has 0 aliphatic heterocycles. The van der Waals surface area contributed by atoms with E-state index >= 15 is 0 Å². The molecule has 0 radical (unpaired) electrons. The molecule has 3 aromatic rings. The van der Waals surface area contributed by atoms with Gasteiger partial charge in [-0.15, -0.1) is 0 Å². The SMILES string of the molecule is O=C(O)c1ccccc1N/N=C\c1ccc(/C=N\Nc2ccccc2C(=O)O)cc1. The summed E-state index contributed by atoms with van der Waals surface area (Å²) in [5.74, 6) is -2.06. The first-order valence-electron chi connectivity index (χ1n) is 8.87. The third-order valence-electron chi connectivity index (χ3n) is 4.05. The summed E-state index contributed by atoms with van der Waals surface area (Å²) in [5.41, 5.74) is 8.14. The van der Waals surface area contributed by atoms with E-state index in [1.54, 1.807) is 48.8 Å². The van der Waals surface area contributed by atoms with Crippen LogP contribution >= 0.6 is 0 Å². The van der Waals surface area contributed by atoms with Crippen molar-refractivity contribution < 1.29 is 19.8 Å². The molecular weight excluding hydrogens is 384 g/mol. The van der Waals surface area contributed by atoms with Crippen LogP contribution < -0.4 is 10.9 Å². The van der Waals surface area contributed by atoms with Crippen LogP contribution in [0.15, 0.2) is 83.0 Å². The number of hydrogen-bond donors (Lipinski definition) is 4. The van der Waals surface area contributed by atoms with Crippen LogP contribution in [0.5, 0.6) is 0 Å². The molecule has 0 heterocycles. The quantitative estimate of drug-likeness (QED) is 0.334. The molecule has 30 heavy (non-hydrogen) atoms. The van der Waals surface area contributed by atoms with Gasteiger partial charge in [-0.1, -0.05) is 48.5 Å². The van der Waals surface area contributed by atoms with Crippen molar-refractivity contribution in [3.8, 4) is 0 Å². The van der Waals surface area contributed by atoms with Gasteiger partial charge in [-0.25, -0.2) is 9.59 Å². The lowest BCUT2D eigenvalue weighted by atomic mass is 10.1. The monoisotopic (exact) mass is 402 g/mol. The number of carbonyl (C=O) groups is 2. The van der Waals surface area contributed by atoms with E-state index in [1.165, 1.54) is 12.1 Å². The van der Waals surface area contributed by atoms with Crippen LogP contribution in [0.2, 0.25) is 0 Å². The van der Waals surface area contributed by atoms with E-state index in [1.807, 2.05) is 24.3 Å². The van der Waals surface area contributed by atoms with Crippen LogP contribution in [0.4, 0.5) is 11.4 Å². The summed E-state index contributed by atoms with van der Waals surface area (Å²) in [4.78, 5) is 22.4. The third-order valence-corrected chi connectivity index (χ3v) is 4.05. The number of anilines is 2. The highest BCUT2D eigenvalue weighted by atomic mass is 16.4. The first-order valence-corrected chi connectivity index (χ1v) is 8.87. The highest BCUT2D eigenvalue weighted by molar-refractivity contribution is 5.95. The fourth-order valence-corrected chi connectivity index (χ4v) is 2.56. The van der Waals surface area contributed by atoms with Crippen LogP contribution in [0.25, 0.3) is 0 Å². The van der Waals surface area contributed by atoms with Crippen molar-refractivity contribution in [2.24, 2.45) is 10.2 Å². The van der Waals surface area contributed by atoms with Gasteiger partial charge in [0.25, 0.3) is 0 Å². The summed E-state index contributed by atoms with van der Waals surface area (Å²) >= 11 is 0. The van der Waals surface area contributed by atoms with Crippen LogP contribution in [0, 0.1) is 0 Å². The summed E-state index contributed by atoms with van der Waals surface area (Å²) in [6.07, 6.45) is 3.14. The Labute approximate surface area is 172 Å². The molecule has 3 aromatic carbocycles. The molecule has 8 heteroatoms. The standard InChI is InChI=1S/C22H18N4O4/c27-21(28)17-5-1-3-7-19(17)25-23-13-15-9-11-16(12-10-15)14-24-26-20-8-4-2-6-18(20)22(29)30/h1-14,25-26H,(H,27,28)(H,29,30)/b23-13-,24-14-. The molecule has 0 bridgehead atoms. The predicted octanol–water partition coefficient (Wildman–Crippen LogP) is 3.98. The van der Waals surface area contributed by atoms with Gasteiger partial charge in [0.05, 0.1) is 34.9 Å². The van der Waals surface area contributed by atoms with Crippen molar-refractivity contribution in [1.29, 1.82) is 0 Å². The Hall–Kier alpha value is -4.46. The maximum absolute atomic E-state index is 11.2. The van der Waals surface area contributed by atoms with E-state index in [9.17, 15) is 9.59 Å². The lowest BCUT2D eigenvalue weighted by Gasteiger charge is -2.04. The van der Waals surface area contributed by atoms with Crippen molar-refractivity contribution in [2.75, 3.05) is 10.9 Å². The van der Waals surface area contributed by atoms with E-state index in [-0.39, 0.29) is 11.1 Å². The fraction of sp³-hybridized carbons (Fsp3) is 0. The third kappa shape index (κ3) is 5.29. The van der Waals surface area contributed by atoms with Crippen LogP contribution in [0.3, 0.4) is 0 Å². The van der Waals surface area contributed by atoms with Crippen molar-refractivity contribution in [3.63, 3.8) is 0 Å². The molecule has 3 rings (SSSR count). The highest BCUT2D eigenvalue weighted by Gasteiger charge is 2.08. The van der Waals surface area contributed by atoms with Crippen molar-refractivity contribution >= 4 is 35.7 Å². The van der Waals surface area contributed by atoms with Crippen LogP contribution in [-0.4, -0.2) is 34.6 Å². The minimum atomic E-state index is -1.03. The smallest absolute Gasteiger partial charge is 0.337 e. The maximum Gasteiger partial charge on any atom is 0.337 e. The molecule has 0 saturated heterocycles. The lowest BCUT2D eigenvalue weighted by Crippen LogP contribution is -2.02. The summed E-state index contributed by atoms with van der Waals surface area (Å²) in [6.45, 7) is 0. The first-order chi connectivity index (χ1) is 14.5. The molecule has 0 aliphatic rings. The van der Waals surface area contributed by atoms with E-state index in [2.05, 4.69) is 21.1 Å². The zero-order chi connectivity index (χ0) is 21.3. The Morgan fingerprint density at radius 3 is 1.37 bits per heavy atom. The van der Waals surface area contributed by atoms with Crippen molar-refractivity contribution in [3.05, 3.63) is 95.1 Å². The van der Waals surface area contributed by atoms with Gasteiger partial charge in [-0.2, -0.15) is 10.2 Å². The second kappa shape index (κ2) is 9.65. The number of para-hydroxylation sites is 2. The van der Waals surface area contributed by atoms with Crippen LogP contribution in [0.1, 0.15) is 31.8 Å². The molecular formula is C22H18N4O4. The molecule has 0 spiro atoms. The van der Waals surface area contributed by atoms with Gasteiger partial charge < -0.3 is 10.2 Å². The molecule has 0 saturated carbocycles. The van der Waals surface area contributed by atoms with Gasteiger partial charge in [0.1, 0.15) is 0 Å². The Kier molecular flexibility index (Phi) is 6.52. The number of hydrazone groups is 2. The minimum absolute atomic E-state index is 0.137. The fourth-order valence-electron chi connectivity index (χ4n) is 2.56. The zero-order valence-corrected chi connectivity index (χ0v) is 15.7. The topological polar surface area (TPSA) is 123 Å². The summed E-state index contributed by atoms with van der Waals surface area (Å²) in [5, 5.41) is 26.5. The van der Waals surface area contributed by atoms with Gasteiger partial charge in [0, 0.05) is 0 Å². The number of rotatable bonds is 8. The van der Waals surface area contributed by atoms with E-state index in [0.29, 0.717) is 11.4 Å². The predicted molar refractivity (Wildman–Crippen MR) is 116 cm³/mol. The van der Waals surface area contributed by atoms with Gasteiger partial charge >= 0.3 is 11.9 Å². The molecule has 0 aromatic heterocycles. The maximum atomic E-state index is 11.2. The number of carboxylic acids is 2. The average molecular weight is 402 g/mol. The molecule has 150 valence electrons. The average Bonchev–Trinajstić information content (AvgIpc) is 2.75. The number of nitrogens with zero attached hydrogens (tertiary/aromatic N) is 2. The Balaban J connectivity index is 1.60. The summed E-state index contributed by atoms with van der Waals surface area (Å²) in [7, 11) is 0. The number of aromatic carboxylic acids is 2. The van der Waals surface area contributed by atoms with Gasteiger partial charge in [0.15, 0.2) is 0 Å².